The number of rotatable bonds is 2. The summed E-state index contributed by atoms with van der Waals surface area (Å²) in [5.74, 6) is -0.495. The van der Waals surface area contributed by atoms with E-state index in [0.717, 1.165) is 25.5 Å². The molecule has 1 aliphatic heterocycles. The van der Waals surface area contributed by atoms with Crippen LogP contribution in [0.4, 0.5) is 19.0 Å². The van der Waals surface area contributed by atoms with Gasteiger partial charge in [0.05, 0.1) is 0 Å². The first-order valence-electron chi connectivity index (χ1n) is 6.06. The smallest absolute Gasteiger partial charge is 0.382 e. The zero-order valence-corrected chi connectivity index (χ0v) is 10.3. The number of amides is 1. The lowest BCUT2D eigenvalue weighted by molar-refractivity contribution is -0.142. The number of aromatic nitrogens is 2. The van der Waals surface area contributed by atoms with Gasteiger partial charge < -0.3 is 10.6 Å². The Balaban J connectivity index is 2.13. The Kier molecular flexibility index (Phi) is 3.68. The summed E-state index contributed by atoms with van der Waals surface area (Å²) in [7, 11) is 0. The highest BCUT2D eigenvalue weighted by molar-refractivity contribution is 5.98. The number of nitrogen functional groups attached to an aromatic ring is 1. The SMILES string of the molecule is Nc1nn(CC(F)(F)F)cc1C(=O)N1CCCCC1. The molecule has 1 fully saturated rings. The van der Waals surface area contributed by atoms with Crippen molar-refractivity contribution in [3.8, 4) is 0 Å². The molecule has 0 atom stereocenters. The fourth-order valence-electron chi connectivity index (χ4n) is 2.13. The average molecular weight is 276 g/mol. The fraction of sp³-hybridized carbons (Fsp3) is 0.636. The molecule has 8 heteroatoms. The maximum absolute atomic E-state index is 12.2. The van der Waals surface area contributed by atoms with Gasteiger partial charge in [0.25, 0.3) is 5.91 Å². The average Bonchev–Trinajstić information content (AvgIpc) is 2.68. The summed E-state index contributed by atoms with van der Waals surface area (Å²) < 4.78 is 37.4. The van der Waals surface area contributed by atoms with Crippen LogP contribution in [0.25, 0.3) is 0 Å². The van der Waals surface area contributed by atoms with E-state index in [2.05, 4.69) is 5.10 Å². The summed E-state index contributed by atoms with van der Waals surface area (Å²) in [6.45, 7) is -0.0179. The van der Waals surface area contributed by atoms with Gasteiger partial charge in [0, 0.05) is 19.3 Å². The maximum Gasteiger partial charge on any atom is 0.408 e. The fourth-order valence-corrected chi connectivity index (χ4v) is 2.13. The van der Waals surface area contributed by atoms with Crippen LogP contribution in [0.15, 0.2) is 6.20 Å². The third kappa shape index (κ3) is 3.39. The molecule has 1 aliphatic rings. The van der Waals surface area contributed by atoms with E-state index in [1.165, 1.54) is 0 Å². The highest BCUT2D eigenvalue weighted by Crippen LogP contribution is 2.20. The molecule has 0 bridgehead atoms. The van der Waals surface area contributed by atoms with Gasteiger partial charge in [-0.2, -0.15) is 18.3 Å². The van der Waals surface area contributed by atoms with Crippen LogP contribution in [-0.4, -0.2) is 39.9 Å². The topological polar surface area (TPSA) is 64.1 Å². The summed E-state index contributed by atoms with van der Waals surface area (Å²) in [6.07, 6.45) is -0.444. The van der Waals surface area contributed by atoms with Crippen LogP contribution < -0.4 is 5.73 Å². The largest absolute Gasteiger partial charge is 0.408 e. The first kappa shape index (κ1) is 13.7. The van der Waals surface area contributed by atoms with Crippen molar-refractivity contribution in [1.29, 1.82) is 0 Å². The normalized spacial score (nSPS) is 16.7. The maximum atomic E-state index is 12.2. The third-order valence-corrected chi connectivity index (χ3v) is 3.01. The van der Waals surface area contributed by atoms with Crippen molar-refractivity contribution in [3.63, 3.8) is 0 Å². The molecule has 1 amide bonds. The van der Waals surface area contributed by atoms with Crippen LogP contribution in [0, 0.1) is 0 Å². The predicted molar refractivity (Wildman–Crippen MR) is 62.4 cm³/mol. The van der Waals surface area contributed by atoms with Gasteiger partial charge in [-0.25, -0.2) is 0 Å². The Morgan fingerprint density at radius 3 is 2.53 bits per heavy atom. The van der Waals surface area contributed by atoms with E-state index in [1.54, 1.807) is 4.90 Å². The minimum atomic E-state index is -4.39. The second-order valence-corrected chi connectivity index (χ2v) is 4.59. The molecule has 2 N–H and O–H groups in total. The van der Waals surface area contributed by atoms with E-state index in [-0.39, 0.29) is 17.3 Å². The number of carbonyl (C=O) groups excluding carboxylic acids is 1. The van der Waals surface area contributed by atoms with E-state index in [9.17, 15) is 18.0 Å². The lowest BCUT2D eigenvalue weighted by Crippen LogP contribution is -2.35. The van der Waals surface area contributed by atoms with Crippen molar-refractivity contribution in [1.82, 2.24) is 14.7 Å². The molecule has 1 saturated heterocycles. The van der Waals surface area contributed by atoms with Crippen molar-refractivity contribution in [3.05, 3.63) is 11.8 Å². The number of carbonyl (C=O) groups is 1. The molecular weight excluding hydrogens is 261 g/mol. The molecule has 0 radical (unpaired) electrons. The Labute approximate surface area is 108 Å². The van der Waals surface area contributed by atoms with Crippen molar-refractivity contribution >= 4 is 11.7 Å². The first-order chi connectivity index (χ1) is 8.87. The van der Waals surface area contributed by atoms with Gasteiger partial charge in [-0.1, -0.05) is 0 Å². The molecule has 5 nitrogen and oxygen atoms in total. The number of alkyl halides is 3. The minimum Gasteiger partial charge on any atom is -0.382 e. The van der Waals surface area contributed by atoms with Crippen LogP contribution in [0.1, 0.15) is 29.6 Å². The highest BCUT2D eigenvalue weighted by atomic mass is 19.4. The van der Waals surface area contributed by atoms with Crippen molar-refractivity contribution in [2.45, 2.75) is 32.0 Å². The van der Waals surface area contributed by atoms with Crippen LogP contribution in [0.3, 0.4) is 0 Å². The number of likely N-dealkylation sites (tertiary alicyclic amines) is 1. The van der Waals surface area contributed by atoms with Gasteiger partial charge in [-0.05, 0) is 19.3 Å². The number of halogens is 3. The van der Waals surface area contributed by atoms with Gasteiger partial charge in [0.1, 0.15) is 12.1 Å². The summed E-state index contributed by atoms with van der Waals surface area (Å²) in [5, 5.41) is 3.54. The third-order valence-electron chi connectivity index (χ3n) is 3.01. The molecular formula is C11H15F3N4O. The van der Waals surface area contributed by atoms with E-state index >= 15 is 0 Å². The van der Waals surface area contributed by atoms with Gasteiger partial charge in [-0.3, -0.25) is 9.48 Å². The lowest BCUT2D eigenvalue weighted by atomic mass is 10.1. The van der Waals surface area contributed by atoms with Crippen LogP contribution >= 0.6 is 0 Å². The number of nitrogens with two attached hydrogens (primary N) is 1. The Hall–Kier alpha value is -1.73. The minimum absolute atomic E-state index is 0.0474. The number of anilines is 1. The Bertz CT molecular complexity index is 463. The molecule has 2 rings (SSSR count). The van der Waals surface area contributed by atoms with Crippen LogP contribution in [0.2, 0.25) is 0 Å². The van der Waals surface area contributed by atoms with Crippen molar-refractivity contribution in [2.75, 3.05) is 18.8 Å². The standard InChI is InChI=1S/C11H15F3N4O/c12-11(13,14)7-18-6-8(9(15)16-18)10(19)17-4-2-1-3-5-17/h6H,1-5,7H2,(H2,15,16). The van der Waals surface area contributed by atoms with Gasteiger partial charge in [0.2, 0.25) is 0 Å². The number of hydrogen-bond donors (Lipinski definition) is 1. The summed E-state index contributed by atoms with van der Waals surface area (Å²) in [4.78, 5) is 13.7. The van der Waals surface area contributed by atoms with Gasteiger partial charge in [-0.15, -0.1) is 0 Å². The van der Waals surface area contributed by atoms with Gasteiger partial charge in [0.15, 0.2) is 5.82 Å². The van der Waals surface area contributed by atoms with E-state index in [4.69, 9.17) is 5.73 Å². The van der Waals surface area contributed by atoms with Gasteiger partial charge >= 0.3 is 6.18 Å². The molecule has 1 aromatic rings. The van der Waals surface area contributed by atoms with Crippen molar-refractivity contribution in [2.24, 2.45) is 0 Å². The van der Waals surface area contributed by atoms with E-state index < -0.39 is 12.7 Å². The zero-order chi connectivity index (χ0) is 14.0. The zero-order valence-electron chi connectivity index (χ0n) is 10.3. The number of hydrogen-bond acceptors (Lipinski definition) is 3. The molecule has 0 aromatic carbocycles. The molecule has 0 spiro atoms. The predicted octanol–water partition coefficient (Wildman–Crippen LogP) is 1.65. The molecule has 0 unspecified atom stereocenters. The lowest BCUT2D eigenvalue weighted by Gasteiger charge is -2.26. The summed E-state index contributed by atoms with van der Waals surface area (Å²) >= 11 is 0. The molecule has 0 saturated carbocycles. The Morgan fingerprint density at radius 2 is 1.95 bits per heavy atom. The highest BCUT2D eigenvalue weighted by Gasteiger charge is 2.30. The number of nitrogens with zero attached hydrogens (tertiary/aromatic N) is 3. The summed E-state index contributed by atoms with van der Waals surface area (Å²) in [5.41, 5.74) is 5.57. The number of piperidine rings is 1. The van der Waals surface area contributed by atoms with E-state index in [1.807, 2.05) is 0 Å². The quantitative estimate of drug-likeness (QED) is 0.893. The van der Waals surface area contributed by atoms with Crippen LogP contribution in [0.5, 0.6) is 0 Å². The molecule has 2 heterocycles. The second kappa shape index (κ2) is 5.10. The van der Waals surface area contributed by atoms with Crippen LogP contribution in [-0.2, 0) is 6.54 Å². The molecule has 0 aliphatic carbocycles. The molecule has 19 heavy (non-hydrogen) atoms. The Morgan fingerprint density at radius 1 is 1.32 bits per heavy atom. The second-order valence-electron chi connectivity index (χ2n) is 4.59. The molecule has 1 aromatic heterocycles. The summed E-state index contributed by atoms with van der Waals surface area (Å²) in [6, 6.07) is 0. The van der Waals surface area contributed by atoms with E-state index in [0.29, 0.717) is 17.8 Å². The van der Waals surface area contributed by atoms with Crippen molar-refractivity contribution < 1.29 is 18.0 Å². The monoisotopic (exact) mass is 276 g/mol. The first-order valence-corrected chi connectivity index (χ1v) is 6.06. The molecule has 106 valence electrons.